The Bertz CT molecular complexity index is 682. The maximum atomic E-state index is 5.34. The zero-order chi connectivity index (χ0) is 13.1. The third kappa shape index (κ3) is 2.20. The van der Waals surface area contributed by atoms with Crippen LogP contribution in [0.4, 0.5) is 5.82 Å². The first-order chi connectivity index (χ1) is 9.38. The predicted molar refractivity (Wildman–Crippen MR) is 69.9 cm³/mol. The summed E-state index contributed by atoms with van der Waals surface area (Å²) in [7, 11) is 1.65. The summed E-state index contributed by atoms with van der Waals surface area (Å²) in [4.78, 5) is 8.28. The molecule has 0 radical (unpaired) electrons. The van der Waals surface area contributed by atoms with Gasteiger partial charge in [0.2, 0.25) is 6.39 Å². The van der Waals surface area contributed by atoms with E-state index in [2.05, 4.69) is 25.0 Å². The summed E-state index contributed by atoms with van der Waals surface area (Å²) in [5.74, 6) is 2.17. The van der Waals surface area contributed by atoms with Gasteiger partial charge in [-0.3, -0.25) is 0 Å². The molecule has 19 heavy (non-hydrogen) atoms. The number of hydrogen-bond donors (Lipinski definition) is 1. The minimum Gasteiger partial charge on any atom is -0.496 e. The van der Waals surface area contributed by atoms with Crippen molar-refractivity contribution in [3.05, 3.63) is 42.7 Å². The molecule has 0 saturated heterocycles. The van der Waals surface area contributed by atoms with Crippen LogP contribution in [0, 0.1) is 0 Å². The lowest BCUT2D eigenvalue weighted by Crippen LogP contribution is -2.03. The number of nitrogens with one attached hydrogen (secondary N) is 1. The second-order valence-electron chi connectivity index (χ2n) is 3.92. The molecular weight excluding hydrogens is 244 g/mol. The molecule has 1 N–H and O–H groups in total. The Morgan fingerprint density at radius 2 is 2.16 bits per heavy atom. The number of ether oxygens (including phenoxy) is 1. The quantitative estimate of drug-likeness (QED) is 0.771. The average molecular weight is 256 g/mol. The Morgan fingerprint density at radius 3 is 2.95 bits per heavy atom. The molecule has 0 amide bonds. The molecule has 3 aromatic rings. The summed E-state index contributed by atoms with van der Waals surface area (Å²) in [5.41, 5.74) is 0. The Hall–Kier alpha value is -2.63. The molecule has 6 heteroatoms. The molecular formula is C13H12N4O2. The maximum Gasteiger partial charge on any atom is 0.213 e. The monoisotopic (exact) mass is 256 g/mol. The Morgan fingerprint density at radius 1 is 1.21 bits per heavy atom. The van der Waals surface area contributed by atoms with Crippen molar-refractivity contribution in [1.29, 1.82) is 0 Å². The normalized spacial score (nSPS) is 10.6. The molecule has 0 saturated carbocycles. The number of benzene rings is 1. The summed E-state index contributed by atoms with van der Waals surface area (Å²) in [6.45, 7) is 0.458. The van der Waals surface area contributed by atoms with Crippen LogP contribution in [0.3, 0.4) is 0 Å². The Balaban J connectivity index is 1.95. The molecule has 6 nitrogen and oxygen atoms in total. The first-order valence-electron chi connectivity index (χ1n) is 5.79. The summed E-state index contributed by atoms with van der Waals surface area (Å²) < 4.78 is 10.0. The van der Waals surface area contributed by atoms with Crippen molar-refractivity contribution in [2.45, 2.75) is 6.54 Å². The summed E-state index contributed by atoms with van der Waals surface area (Å²) in [6, 6.07) is 7.77. The van der Waals surface area contributed by atoms with Crippen LogP contribution in [-0.2, 0) is 6.54 Å². The van der Waals surface area contributed by atoms with Crippen LogP contribution < -0.4 is 10.1 Å². The van der Waals surface area contributed by atoms with E-state index in [1.165, 1.54) is 6.39 Å². The van der Waals surface area contributed by atoms with E-state index in [1.807, 2.05) is 24.3 Å². The van der Waals surface area contributed by atoms with E-state index in [-0.39, 0.29) is 0 Å². The van der Waals surface area contributed by atoms with Crippen LogP contribution >= 0.6 is 0 Å². The van der Waals surface area contributed by atoms with E-state index in [4.69, 9.17) is 4.74 Å². The van der Waals surface area contributed by atoms with Crippen molar-refractivity contribution in [3.8, 4) is 5.75 Å². The highest BCUT2D eigenvalue weighted by molar-refractivity contribution is 5.95. The SMILES string of the molecule is COc1cccc2c(NCc3ncon3)nccc12. The molecule has 1 aromatic carbocycles. The molecule has 0 aliphatic carbocycles. The van der Waals surface area contributed by atoms with Gasteiger partial charge >= 0.3 is 0 Å². The first kappa shape index (κ1) is 11.5. The molecule has 2 heterocycles. The molecule has 0 unspecified atom stereocenters. The standard InChI is InChI=1S/C13H12N4O2/c1-18-11-4-2-3-10-9(11)5-6-14-13(10)15-7-12-16-8-19-17-12/h2-6,8H,7H2,1H3,(H,14,15). The fourth-order valence-corrected chi connectivity index (χ4v) is 1.93. The van der Waals surface area contributed by atoms with E-state index in [0.717, 1.165) is 22.3 Å². The molecule has 0 fully saturated rings. The van der Waals surface area contributed by atoms with E-state index in [0.29, 0.717) is 12.4 Å². The molecule has 2 aromatic heterocycles. The fraction of sp³-hybridized carbons (Fsp3) is 0.154. The average Bonchev–Trinajstić information content (AvgIpc) is 2.97. The van der Waals surface area contributed by atoms with Gasteiger partial charge in [-0.05, 0) is 12.1 Å². The number of pyridine rings is 1. The summed E-state index contributed by atoms with van der Waals surface area (Å²) in [5, 5.41) is 8.93. The van der Waals surface area contributed by atoms with Gasteiger partial charge in [-0.1, -0.05) is 17.3 Å². The topological polar surface area (TPSA) is 73.1 Å². The van der Waals surface area contributed by atoms with Crippen LogP contribution in [0.5, 0.6) is 5.75 Å². The van der Waals surface area contributed by atoms with Crippen LogP contribution in [0.15, 0.2) is 41.4 Å². The fourth-order valence-electron chi connectivity index (χ4n) is 1.93. The second kappa shape index (κ2) is 4.93. The molecule has 0 spiro atoms. The third-order valence-electron chi connectivity index (χ3n) is 2.81. The zero-order valence-electron chi connectivity index (χ0n) is 10.3. The maximum absolute atomic E-state index is 5.34. The lowest BCUT2D eigenvalue weighted by atomic mass is 10.1. The van der Waals surface area contributed by atoms with E-state index >= 15 is 0 Å². The van der Waals surface area contributed by atoms with E-state index in [9.17, 15) is 0 Å². The van der Waals surface area contributed by atoms with Gasteiger partial charge in [0.15, 0.2) is 5.82 Å². The highest BCUT2D eigenvalue weighted by Gasteiger charge is 2.07. The molecule has 0 bridgehead atoms. The van der Waals surface area contributed by atoms with Crippen molar-refractivity contribution < 1.29 is 9.26 Å². The van der Waals surface area contributed by atoms with Crippen molar-refractivity contribution >= 4 is 16.6 Å². The summed E-state index contributed by atoms with van der Waals surface area (Å²) >= 11 is 0. The smallest absolute Gasteiger partial charge is 0.213 e. The van der Waals surface area contributed by atoms with Gasteiger partial charge in [-0.25, -0.2) is 4.98 Å². The van der Waals surface area contributed by atoms with E-state index in [1.54, 1.807) is 13.3 Å². The number of rotatable bonds is 4. The first-order valence-corrected chi connectivity index (χ1v) is 5.79. The lowest BCUT2D eigenvalue weighted by molar-refractivity contribution is 0.411. The third-order valence-corrected chi connectivity index (χ3v) is 2.81. The van der Waals surface area contributed by atoms with Crippen LogP contribution in [0.1, 0.15) is 5.82 Å². The van der Waals surface area contributed by atoms with Gasteiger partial charge in [0, 0.05) is 17.0 Å². The molecule has 96 valence electrons. The van der Waals surface area contributed by atoms with Crippen LogP contribution in [-0.4, -0.2) is 22.2 Å². The Kier molecular flexibility index (Phi) is 2.97. The number of methoxy groups -OCH3 is 1. The number of fused-ring (bicyclic) bond motifs is 1. The largest absolute Gasteiger partial charge is 0.496 e. The number of aromatic nitrogens is 3. The molecule has 3 rings (SSSR count). The zero-order valence-corrected chi connectivity index (χ0v) is 10.3. The van der Waals surface area contributed by atoms with Crippen LogP contribution in [0.2, 0.25) is 0 Å². The number of hydrogen-bond acceptors (Lipinski definition) is 6. The van der Waals surface area contributed by atoms with Gasteiger partial charge in [-0.15, -0.1) is 0 Å². The highest BCUT2D eigenvalue weighted by Crippen LogP contribution is 2.28. The molecule has 0 aliphatic heterocycles. The van der Waals surface area contributed by atoms with Crippen molar-refractivity contribution in [3.63, 3.8) is 0 Å². The van der Waals surface area contributed by atoms with E-state index < -0.39 is 0 Å². The van der Waals surface area contributed by atoms with Gasteiger partial charge in [0.1, 0.15) is 11.6 Å². The lowest BCUT2D eigenvalue weighted by Gasteiger charge is -2.09. The summed E-state index contributed by atoms with van der Waals surface area (Å²) in [6.07, 6.45) is 3.04. The van der Waals surface area contributed by atoms with Gasteiger partial charge in [0.05, 0.1) is 13.7 Å². The highest BCUT2D eigenvalue weighted by atomic mass is 16.5. The van der Waals surface area contributed by atoms with Crippen molar-refractivity contribution in [1.82, 2.24) is 15.1 Å². The number of anilines is 1. The van der Waals surface area contributed by atoms with Gasteiger partial charge in [0.25, 0.3) is 0 Å². The van der Waals surface area contributed by atoms with Crippen molar-refractivity contribution in [2.24, 2.45) is 0 Å². The molecule has 0 atom stereocenters. The van der Waals surface area contributed by atoms with Gasteiger partial charge < -0.3 is 14.6 Å². The second-order valence-corrected chi connectivity index (χ2v) is 3.92. The van der Waals surface area contributed by atoms with Crippen LogP contribution in [0.25, 0.3) is 10.8 Å². The molecule has 0 aliphatic rings. The van der Waals surface area contributed by atoms with Crippen molar-refractivity contribution in [2.75, 3.05) is 12.4 Å². The Labute approximate surface area is 109 Å². The number of nitrogens with zero attached hydrogens (tertiary/aromatic N) is 3. The van der Waals surface area contributed by atoms with Gasteiger partial charge in [-0.2, -0.15) is 4.98 Å². The minimum atomic E-state index is 0.458. The predicted octanol–water partition coefficient (Wildman–Crippen LogP) is 2.24. The minimum absolute atomic E-state index is 0.458.